The number of amides is 2. The van der Waals surface area contributed by atoms with Crippen molar-refractivity contribution in [2.24, 2.45) is 0 Å². The number of halogens is 1. The van der Waals surface area contributed by atoms with E-state index in [1.165, 1.54) is 17.0 Å². The van der Waals surface area contributed by atoms with E-state index in [0.29, 0.717) is 16.5 Å². The minimum absolute atomic E-state index is 0.0388. The van der Waals surface area contributed by atoms with Gasteiger partial charge in [0.15, 0.2) is 0 Å². The van der Waals surface area contributed by atoms with E-state index in [9.17, 15) is 18.0 Å². The summed E-state index contributed by atoms with van der Waals surface area (Å²) in [4.78, 5) is 29.2. The lowest BCUT2D eigenvalue weighted by molar-refractivity contribution is -0.139. The van der Waals surface area contributed by atoms with Crippen molar-refractivity contribution in [2.45, 2.75) is 62.6 Å². The van der Waals surface area contributed by atoms with Crippen LogP contribution in [0, 0.1) is 0 Å². The van der Waals surface area contributed by atoms with Crippen molar-refractivity contribution in [1.82, 2.24) is 10.2 Å². The van der Waals surface area contributed by atoms with Crippen LogP contribution < -0.4 is 14.4 Å². The molecule has 8 nitrogen and oxygen atoms in total. The molecule has 0 spiro atoms. The quantitative estimate of drug-likeness (QED) is 0.174. The van der Waals surface area contributed by atoms with Crippen molar-refractivity contribution in [3.8, 4) is 11.5 Å². The highest BCUT2D eigenvalue weighted by molar-refractivity contribution is 7.92. The molecule has 1 aliphatic rings. The monoisotopic (exact) mass is 659 g/mol. The van der Waals surface area contributed by atoms with Crippen LogP contribution in [-0.2, 0) is 26.2 Å². The third kappa shape index (κ3) is 8.47. The molecule has 46 heavy (non-hydrogen) atoms. The smallest absolute Gasteiger partial charge is 0.264 e. The van der Waals surface area contributed by atoms with Crippen molar-refractivity contribution >= 4 is 39.1 Å². The second kappa shape index (κ2) is 15.3. The number of nitrogens with one attached hydrogen (secondary N) is 1. The average molecular weight is 660 g/mol. The Kier molecular flexibility index (Phi) is 11.0. The number of hydrogen-bond acceptors (Lipinski definition) is 5. The summed E-state index contributed by atoms with van der Waals surface area (Å²) >= 11 is 6.25. The van der Waals surface area contributed by atoms with Gasteiger partial charge in [-0.25, -0.2) is 8.42 Å². The molecule has 0 bridgehead atoms. The standard InChI is InChI=1S/C36H38ClN3O5S/c1-27(36(42)38-30-14-5-2-6-15-30)39(25-28-12-11-13-29(37)24-28)35(41)26-40(46(43,44)34-18-9-4-10-19-34)31-20-22-33(23-21-31)45-32-16-7-3-8-17-32/h3-4,7-13,16-24,27,30H,2,5-6,14-15,25-26H2,1H3,(H,38,42)/t27-/m1/s1. The van der Waals surface area contributed by atoms with Crippen LogP contribution in [0.25, 0.3) is 0 Å². The van der Waals surface area contributed by atoms with Crippen LogP contribution in [0.1, 0.15) is 44.6 Å². The Balaban J connectivity index is 1.45. The topological polar surface area (TPSA) is 96.0 Å². The van der Waals surface area contributed by atoms with E-state index in [0.717, 1.165) is 42.0 Å². The first-order valence-corrected chi connectivity index (χ1v) is 17.3. The minimum atomic E-state index is -4.18. The third-order valence-corrected chi connectivity index (χ3v) is 10.1. The largest absolute Gasteiger partial charge is 0.457 e. The van der Waals surface area contributed by atoms with E-state index < -0.39 is 28.5 Å². The van der Waals surface area contributed by atoms with Crippen LogP contribution >= 0.6 is 11.6 Å². The fourth-order valence-corrected chi connectivity index (χ4v) is 7.18. The number of carbonyl (C=O) groups is 2. The van der Waals surface area contributed by atoms with Gasteiger partial charge < -0.3 is 15.0 Å². The molecule has 0 radical (unpaired) electrons. The number of carbonyl (C=O) groups excluding carboxylic acids is 2. The van der Waals surface area contributed by atoms with E-state index in [2.05, 4.69) is 5.32 Å². The van der Waals surface area contributed by atoms with E-state index >= 15 is 0 Å². The Morgan fingerprint density at radius 3 is 2.13 bits per heavy atom. The van der Waals surface area contributed by atoms with Gasteiger partial charge in [-0.3, -0.25) is 13.9 Å². The molecule has 1 aliphatic carbocycles. The van der Waals surface area contributed by atoms with Crippen LogP contribution in [0.15, 0.2) is 114 Å². The first kappa shape index (κ1) is 33.0. The molecule has 10 heteroatoms. The normalized spacial score (nSPS) is 14.2. The number of ether oxygens (including phenoxy) is 1. The highest BCUT2D eigenvalue weighted by Crippen LogP contribution is 2.29. The summed E-state index contributed by atoms with van der Waals surface area (Å²) in [7, 11) is -4.18. The van der Waals surface area contributed by atoms with Gasteiger partial charge in [-0.15, -0.1) is 0 Å². The van der Waals surface area contributed by atoms with Crippen LogP contribution in [-0.4, -0.2) is 43.8 Å². The minimum Gasteiger partial charge on any atom is -0.457 e. The summed E-state index contributed by atoms with van der Waals surface area (Å²) < 4.78 is 35.1. The molecule has 0 heterocycles. The first-order chi connectivity index (χ1) is 22.2. The molecule has 0 aliphatic heterocycles. The van der Waals surface area contributed by atoms with Crippen molar-refractivity contribution in [1.29, 1.82) is 0 Å². The lowest BCUT2D eigenvalue weighted by Gasteiger charge is -2.33. The Labute approximate surface area is 276 Å². The summed E-state index contributed by atoms with van der Waals surface area (Å²) in [5.74, 6) is 0.336. The zero-order valence-corrected chi connectivity index (χ0v) is 27.3. The Morgan fingerprint density at radius 1 is 0.848 bits per heavy atom. The molecule has 1 saturated carbocycles. The van der Waals surface area contributed by atoms with Crippen LogP contribution in [0.2, 0.25) is 5.02 Å². The number of sulfonamides is 1. The molecule has 4 aromatic rings. The molecule has 2 amide bonds. The summed E-state index contributed by atoms with van der Waals surface area (Å²) in [6.45, 7) is 1.21. The van der Waals surface area contributed by atoms with Gasteiger partial charge in [0.2, 0.25) is 11.8 Å². The predicted molar refractivity (Wildman–Crippen MR) is 180 cm³/mol. The number of hydrogen-bond donors (Lipinski definition) is 1. The first-order valence-electron chi connectivity index (χ1n) is 15.5. The molecule has 1 N–H and O–H groups in total. The number of rotatable bonds is 12. The number of nitrogens with zero attached hydrogens (tertiary/aromatic N) is 2. The third-order valence-electron chi connectivity index (χ3n) is 8.07. The van der Waals surface area contributed by atoms with Gasteiger partial charge in [0.05, 0.1) is 10.6 Å². The van der Waals surface area contributed by atoms with Crippen molar-refractivity contribution in [2.75, 3.05) is 10.8 Å². The van der Waals surface area contributed by atoms with Crippen molar-refractivity contribution in [3.05, 3.63) is 120 Å². The number of benzene rings is 4. The molecular weight excluding hydrogens is 622 g/mol. The van der Waals surface area contributed by atoms with Crippen LogP contribution in [0.3, 0.4) is 0 Å². The van der Waals surface area contributed by atoms with Crippen LogP contribution in [0.5, 0.6) is 11.5 Å². The van der Waals surface area contributed by atoms with Gasteiger partial charge in [0, 0.05) is 17.6 Å². The second-order valence-corrected chi connectivity index (χ2v) is 13.7. The van der Waals surface area contributed by atoms with Gasteiger partial charge in [-0.1, -0.05) is 79.4 Å². The summed E-state index contributed by atoms with van der Waals surface area (Å²) in [5, 5.41) is 3.61. The highest BCUT2D eigenvalue weighted by Gasteiger charge is 2.33. The van der Waals surface area contributed by atoms with Gasteiger partial charge in [0.25, 0.3) is 10.0 Å². The SMILES string of the molecule is C[C@H](C(=O)NC1CCCCC1)N(Cc1cccc(Cl)c1)C(=O)CN(c1ccc(Oc2ccccc2)cc1)S(=O)(=O)c1ccccc1. The molecule has 0 aromatic heterocycles. The fourth-order valence-electron chi connectivity index (χ4n) is 5.54. The molecule has 0 unspecified atom stereocenters. The van der Waals surface area contributed by atoms with Crippen molar-refractivity contribution < 1.29 is 22.7 Å². The number of anilines is 1. The summed E-state index contributed by atoms with van der Waals surface area (Å²) in [5.41, 5.74) is 0.998. The maximum absolute atomic E-state index is 14.2. The van der Waals surface area contributed by atoms with E-state index in [-0.39, 0.29) is 29.1 Å². The molecule has 1 fully saturated rings. The Morgan fingerprint density at radius 2 is 1.48 bits per heavy atom. The lowest BCUT2D eigenvalue weighted by atomic mass is 9.95. The Hall–Kier alpha value is -4.34. The van der Waals surface area contributed by atoms with Crippen molar-refractivity contribution in [3.63, 3.8) is 0 Å². The molecule has 0 saturated heterocycles. The average Bonchev–Trinajstić information content (AvgIpc) is 3.07. The Bertz CT molecular complexity index is 1710. The lowest BCUT2D eigenvalue weighted by Crippen LogP contribution is -2.53. The molecule has 5 rings (SSSR count). The number of para-hydroxylation sites is 1. The van der Waals surface area contributed by atoms with E-state index in [1.807, 2.05) is 36.4 Å². The van der Waals surface area contributed by atoms with E-state index in [4.69, 9.17) is 16.3 Å². The maximum Gasteiger partial charge on any atom is 0.264 e. The zero-order chi connectivity index (χ0) is 32.5. The molecule has 240 valence electrons. The predicted octanol–water partition coefficient (Wildman–Crippen LogP) is 7.19. The maximum atomic E-state index is 14.2. The second-order valence-electron chi connectivity index (χ2n) is 11.4. The molecular formula is C36H38ClN3O5S. The summed E-state index contributed by atoms with van der Waals surface area (Å²) in [6.07, 6.45) is 5.03. The van der Waals surface area contributed by atoms with E-state index in [1.54, 1.807) is 67.6 Å². The molecule has 1 atom stereocenters. The van der Waals surface area contributed by atoms with Gasteiger partial charge in [-0.05, 0) is 86.0 Å². The summed E-state index contributed by atoms with van der Waals surface area (Å²) in [6, 6.07) is 30.0. The fraction of sp³-hybridized carbons (Fsp3) is 0.278. The zero-order valence-electron chi connectivity index (χ0n) is 25.7. The molecule has 4 aromatic carbocycles. The highest BCUT2D eigenvalue weighted by atomic mass is 35.5. The van der Waals surface area contributed by atoms with Gasteiger partial charge in [-0.2, -0.15) is 0 Å². The van der Waals surface area contributed by atoms with Gasteiger partial charge >= 0.3 is 0 Å². The van der Waals surface area contributed by atoms with Gasteiger partial charge in [0.1, 0.15) is 24.1 Å². The van der Waals surface area contributed by atoms with Crippen LogP contribution in [0.4, 0.5) is 5.69 Å².